The molecule has 3 N–H and O–H groups in total. The normalized spacial score (nSPS) is 15.8. The molecular weight excluding hydrogens is 503 g/mol. The summed E-state index contributed by atoms with van der Waals surface area (Å²) >= 11 is 1.75. The summed E-state index contributed by atoms with van der Waals surface area (Å²) in [5, 5.41) is 11.3. The molecule has 1 atom stereocenters. The van der Waals surface area contributed by atoms with Crippen LogP contribution >= 0.6 is 35.3 Å². The van der Waals surface area contributed by atoms with Crippen molar-refractivity contribution in [2.75, 3.05) is 51.8 Å². The Kier molecular flexibility index (Phi) is 10.3. The van der Waals surface area contributed by atoms with E-state index >= 15 is 0 Å². The second-order valence-electron chi connectivity index (χ2n) is 6.28. The molecule has 1 fully saturated rings. The quantitative estimate of drug-likeness (QED) is 0.288. The zero-order valence-corrected chi connectivity index (χ0v) is 19.5. The smallest absolute Gasteiger partial charge is 0.243 e. The number of hydrogen-bond acceptors (Lipinski definition) is 6. The van der Waals surface area contributed by atoms with E-state index < -0.39 is 0 Å². The maximum Gasteiger partial charge on any atom is 0.243 e. The van der Waals surface area contributed by atoms with E-state index in [1.165, 1.54) is 4.88 Å². The van der Waals surface area contributed by atoms with Gasteiger partial charge in [0.2, 0.25) is 5.91 Å². The number of morpholine rings is 1. The number of guanidine groups is 1. The number of thiophene rings is 1. The first-order valence-electron chi connectivity index (χ1n) is 9.26. The first-order valence-corrected chi connectivity index (χ1v) is 10.1. The third kappa shape index (κ3) is 7.53. The van der Waals surface area contributed by atoms with Crippen LogP contribution in [-0.4, -0.2) is 68.2 Å². The summed E-state index contributed by atoms with van der Waals surface area (Å²) in [4.78, 5) is 24.0. The molecular formula is C19H27IN6O2S. The summed E-state index contributed by atoms with van der Waals surface area (Å²) in [6.45, 7) is 4.14. The highest BCUT2D eigenvalue weighted by atomic mass is 127. The Bertz CT molecular complexity index is 753. The number of halogens is 1. The van der Waals surface area contributed by atoms with Crippen molar-refractivity contribution in [1.29, 1.82) is 0 Å². The fraction of sp³-hybridized carbons (Fsp3) is 0.421. The van der Waals surface area contributed by atoms with Crippen LogP contribution in [0.1, 0.15) is 10.9 Å². The van der Waals surface area contributed by atoms with Gasteiger partial charge in [-0.05, 0) is 23.6 Å². The minimum atomic E-state index is -0.154. The molecule has 1 amide bonds. The van der Waals surface area contributed by atoms with Crippen LogP contribution in [0, 0.1) is 0 Å². The third-order valence-electron chi connectivity index (χ3n) is 4.41. The van der Waals surface area contributed by atoms with Crippen LogP contribution < -0.4 is 16.0 Å². The molecule has 29 heavy (non-hydrogen) atoms. The molecule has 3 heterocycles. The number of hydrogen-bond donors (Lipinski definition) is 3. The number of anilines is 1. The summed E-state index contributed by atoms with van der Waals surface area (Å²) in [5.74, 6) is 0.440. The number of nitrogens with one attached hydrogen (secondary N) is 3. The lowest BCUT2D eigenvalue weighted by molar-refractivity contribution is -0.115. The number of ether oxygens (including phenoxy) is 1. The molecule has 1 saturated heterocycles. The maximum atomic E-state index is 12.1. The van der Waals surface area contributed by atoms with Gasteiger partial charge in [0, 0.05) is 37.8 Å². The second kappa shape index (κ2) is 12.7. The molecule has 1 aliphatic rings. The molecule has 0 bridgehead atoms. The molecule has 0 saturated carbocycles. The molecule has 1 aliphatic heterocycles. The zero-order valence-electron chi connectivity index (χ0n) is 16.3. The van der Waals surface area contributed by atoms with E-state index in [4.69, 9.17) is 4.74 Å². The summed E-state index contributed by atoms with van der Waals surface area (Å²) in [6, 6.07) is 8.05. The number of rotatable bonds is 7. The Morgan fingerprint density at radius 3 is 2.79 bits per heavy atom. The highest BCUT2D eigenvalue weighted by molar-refractivity contribution is 14.0. The van der Waals surface area contributed by atoms with Crippen molar-refractivity contribution in [3.63, 3.8) is 0 Å². The second-order valence-corrected chi connectivity index (χ2v) is 7.26. The van der Waals surface area contributed by atoms with Crippen LogP contribution in [0.15, 0.2) is 47.0 Å². The Morgan fingerprint density at radius 2 is 2.14 bits per heavy atom. The topological polar surface area (TPSA) is 90.9 Å². The zero-order chi connectivity index (χ0) is 19.6. The van der Waals surface area contributed by atoms with E-state index in [2.05, 4.69) is 48.3 Å². The predicted molar refractivity (Wildman–Crippen MR) is 127 cm³/mol. The fourth-order valence-electron chi connectivity index (χ4n) is 3.00. The van der Waals surface area contributed by atoms with Crippen LogP contribution in [0.5, 0.6) is 0 Å². The van der Waals surface area contributed by atoms with Gasteiger partial charge in [0.1, 0.15) is 0 Å². The van der Waals surface area contributed by atoms with Crippen molar-refractivity contribution in [1.82, 2.24) is 20.5 Å². The Labute approximate surface area is 192 Å². The van der Waals surface area contributed by atoms with Crippen molar-refractivity contribution in [3.05, 3.63) is 46.9 Å². The van der Waals surface area contributed by atoms with Gasteiger partial charge in [-0.15, -0.1) is 35.3 Å². The number of carbonyl (C=O) groups excluding carboxylic acids is 1. The molecule has 2 aromatic rings. The summed E-state index contributed by atoms with van der Waals surface area (Å²) < 4.78 is 5.48. The van der Waals surface area contributed by atoms with Crippen LogP contribution in [-0.2, 0) is 9.53 Å². The van der Waals surface area contributed by atoms with Gasteiger partial charge in [-0.3, -0.25) is 19.7 Å². The Morgan fingerprint density at radius 1 is 1.31 bits per heavy atom. The van der Waals surface area contributed by atoms with Gasteiger partial charge in [-0.25, -0.2) is 0 Å². The van der Waals surface area contributed by atoms with Gasteiger partial charge in [0.05, 0.1) is 37.7 Å². The van der Waals surface area contributed by atoms with E-state index in [1.807, 2.05) is 0 Å². The molecule has 3 rings (SSSR count). The van der Waals surface area contributed by atoms with E-state index in [1.54, 1.807) is 42.9 Å². The third-order valence-corrected chi connectivity index (χ3v) is 5.38. The van der Waals surface area contributed by atoms with Crippen LogP contribution in [0.3, 0.4) is 0 Å². The number of pyridine rings is 1. The first-order chi connectivity index (χ1) is 13.8. The monoisotopic (exact) mass is 530 g/mol. The number of nitrogens with zero attached hydrogens (tertiary/aromatic N) is 3. The lowest BCUT2D eigenvalue weighted by Crippen LogP contribution is -2.47. The van der Waals surface area contributed by atoms with E-state index in [-0.39, 0.29) is 42.5 Å². The van der Waals surface area contributed by atoms with Crippen molar-refractivity contribution < 1.29 is 9.53 Å². The van der Waals surface area contributed by atoms with Crippen molar-refractivity contribution in [3.8, 4) is 0 Å². The van der Waals surface area contributed by atoms with Crippen molar-refractivity contribution >= 4 is 52.9 Å². The highest BCUT2D eigenvalue weighted by Crippen LogP contribution is 2.25. The molecule has 158 valence electrons. The number of aliphatic imine (C=N–C) groups is 1. The van der Waals surface area contributed by atoms with Crippen LogP contribution in [0.4, 0.5) is 5.69 Å². The van der Waals surface area contributed by atoms with Crippen LogP contribution in [0.2, 0.25) is 0 Å². The minimum Gasteiger partial charge on any atom is -0.379 e. The van der Waals surface area contributed by atoms with Crippen molar-refractivity contribution in [2.45, 2.75) is 6.04 Å². The largest absolute Gasteiger partial charge is 0.379 e. The van der Waals surface area contributed by atoms with Gasteiger partial charge < -0.3 is 20.7 Å². The Balaban J connectivity index is 0.00000300. The predicted octanol–water partition coefficient (Wildman–Crippen LogP) is 1.94. The SMILES string of the molecule is CN=C(NCC(=O)Nc1cccnc1)NCC(c1cccs1)N1CCOCC1.I. The average Bonchev–Trinajstić information content (AvgIpc) is 3.26. The summed E-state index contributed by atoms with van der Waals surface area (Å²) in [6.07, 6.45) is 3.27. The lowest BCUT2D eigenvalue weighted by Gasteiger charge is -2.34. The Hall–Kier alpha value is -1.76. The molecule has 0 aromatic carbocycles. The number of amides is 1. The fourth-order valence-corrected chi connectivity index (χ4v) is 3.86. The molecule has 0 aliphatic carbocycles. The van der Waals surface area contributed by atoms with Gasteiger partial charge in [-0.2, -0.15) is 0 Å². The average molecular weight is 530 g/mol. The molecule has 1 unspecified atom stereocenters. The number of carbonyl (C=O) groups is 1. The van der Waals surface area contributed by atoms with Gasteiger partial charge >= 0.3 is 0 Å². The molecule has 0 spiro atoms. The molecule has 8 nitrogen and oxygen atoms in total. The van der Waals surface area contributed by atoms with Gasteiger partial charge in [0.25, 0.3) is 0 Å². The van der Waals surface area contributed by atoms with Gasteiger partial charge in [0.15, 0.2) is 5.96 Å². The first kappa shape index (κ1) is 23.5. The highest BCUT2D eigenvalue weighted by Gasteiger charge is 2.23. The summed E-state index contributed by atoms with van der Waals surface area (Å²) in [5.41, 5.74) is 0.669. The van der Waals surface area contributed by atoms with E-state index in [0.717, 1.165) is 26.3 Å². The van der Waals surface area contributed by atoms with E-state index in [0.29, 0.717) is 18.2 Å². The van der Waals surface area contributed by atoms with Crippen LogP contribution in [0.25, 0.3) is 0 Å². The maximum absolute atomic E-state index is 12.1. The summed E-state index contributed by atoms with van der Waals surface area (Å²) in [7, 11) is 1.70. The van der Waals surface area contributed by atoms with Gasteiger partial charge in [-0.1, -0.05) is 6.07 Å². The lowest BCUT2D eigenvalue weighted by atomic mass is 10.2. The standard InChI is InChI=1S/C19H26N6O2S.HI/c1-20-19(23-14-18(26)24-15-4-2-6-21-12-15)22-13-16(17-5-3-11-28-17)25-7-9-27-10-8-25;/h2-6,11-12,16H,7-10,13-14H2,1H3,(H,24,26)(H2,20,22,23);1H. The molecule has 2 aromatic heterocycles. The minimum absolute atomic E-state index is 0. The molecule has 10 heteroatoms. The number of aromatic nitrogens is 1. The molecule has 0 radical (unpaired) electrons. The van der Waals surface area contributed by atoms with Crippen molar-refractivity contribution in [2.24, 2.45) is 4.99 Å². The van der Waals surface area contributed by atoms with E-state index in [9.17, 15) is 4.79 Å².